The number of rotatable bonds is 6. The standard InChI is InChI=1S/C16H24FN3O/c1-2-19-11-13-4-3-5-14(17)16(13)20-8-6-12(7-9-20)10-15(18)21/h3-5,12,19H,2,6-11H2,1H3,(H2,18,21). The minimum absolute atomic E-state index is 0.168. The van der Waals surface area contributed by atoms with E-state index in [2.05, 4.69) is 10.2 Å². The Labute approximate surface area is 125 Å². The molecule has 1 amide bonds. The van der Waals surface area contributed by atoms with Gasteiger partial charge < -0.3 is 16.0 Å². The first-order chi connectivity index (χ1) is 10.1. The molecule has 1 aliphatic heterocycles. The quantitative estimate of drug-likeness (QED) is 0.843. The van der Waals surface area contributed by atoms with Crippen molar-refractivity contribution in [1.29, 1.82) is 0 Å². The summed E-state index contributed by atoms with van der Waals surface area (Å²) in [6, 6.07) is 5.24. The number of benzene rings is 1. The van der Waals surface area contributed by atoms with Gasteiger partial charge in [-0.1, -0.05) is 19.1 Å². The number of para-hydroxylation sites is 1. The van der Waals surface area contributed by atoms with Gasteiger partial charge in [0.05, 0.1) is 5.69 Å². The third kappa shape index (κ3) is 4.17. The minimum atomic E-state index is -0.243. The number of hydrogen-bond acceptors (Lipinski definition) is 3. The highest BCUT2D eigenvalue weighted by atomic mass is 19.1. The van der Waals surface area contributed by atoms with Crippen LogP contribution in [0.3, 0.4) is 0 Å². The number of piperidine rings is 1. The average molecular weight is 293 g/mol. The molecule has 1 aromatic carbocycles. The first kappa shape index (κ1) is 15.8. The maximum absolute atomic E-state index is 14.2. The molecule has 1 aliphatic rings. The summed E-state index contributed by atoms with van der Waals surface area (Å²) in [6.07, 6.45) is 2.21. The fourth-order valence-electron chi connectivity index (χ4n) is 2.96. The second-order valence-corrected chi connectivity index (χ2v) is 5.63. The second-order valence-electron chi connectivity index (χ2n) is 5.63. The molecule has 0 aromatic heterocycles. The van der Waals surface area contributed by atoms with Crippen LogP contribution in [-0.4, -0.2) is 25.5 Å². The maximum atomic E-state index is 14.2. The van der Waals surface area contributed by atoms with Crippen LogP contribution in [0.1, 0.15) is 31.7 Å². The number of carbonyl (C=O) groups excluding carboxylic acids is 1. The molecule has 0 aliphatic carbocycles. The van der Waals surface area contributed by atoms with Gasteiger partial charge in [0.25, 0.3) is 0 Å². The Kier molecular flexibility index (Phi) is 5.56. The summed E-state index contributed by atoms with van der Waals surface area (Å²) >= 11 is 0. The lowest BCUT2D eigenvalue weighted by Crippen LogP contribution is -2.36. The Morgan fingerprint density at radius 1 is 1.43 bits per heavy atom. The smallest absolute Gasteiger partial charge is 0.217 e. The molecule has 21 heavy (non-hydrogen) atoms. The van der Waals surface area contributed by atoms with E-state index in [1.807, 2.05) is 13.0 Å². The van der Waals surface area contributed by atoms with E-state index in [0.29, 0.717) is 24.6 Å². The van der Waals surface area contributed by atoms with E-state index in [1.165, 1.54) is 6.07 Å². The highest BCUT2D eigenvalue weighted by Gasteiger charge is 2.24. The van der Waals surface area contributed by atoms with Crippen LogP contribution < -0.4 is 16.0 Å². The molecule has 0 radical (unpaired) electrons. The summed E-state index contributed by atoms with van der Waals surface area (Å²) in [6.45, 7) is 5.12. The molecule has 116 valence electrons. The molecule has 0 saturated carbocycles. The lowest BCUT2D eigenvalue weighted by Gasteiger charge is -2.34. The number of nitrogens with two attached hydrogens (primary N) is 1. The summed E-state index contributed by atoms with van der Waals surface area (Å²) < 4.78 is 14.2. The Balaban J connectivity index is 2.07. The largest absolute Gasteiger partial charge is 0.370 e. The Morgan fingerprint density at radius 2 is 2.14 bits per heavy atom. The van der Waals surface area contributed by atoms with E-state index in [0.717, 1.165) is 38.0 Å². The predicted molar refractivity (Wildman–Crippen MR) is 82.5 cm³/mol. The average Bonchev–Trinajstić information content (AvgIpc) is 2.46. The molecule has 1 fully saturated rings. The highest BCUT2D eigenvalue weighted by Crippen LogP contribution is 2.30. The van der Waals surface area contributed by atoms with Crippen LogP contribution in [0.2, 0.25) is 0 Å². The van der Waals surface area contributed by atoms with Crippen molar-refractivity contribution in [3.8, 4) is 0 Å². The van der Waals surface area contributed by atoms with Gasteiger partial charge in [-0.3, -0.25) is 4.79 Å². The highest BCUT2D eigenvalue weighted by molar-refractivity contribution is 5.74. The third-order valence-corrected chi connectivity index (χ3v) is 4.06. The van der Waals surface area contributed by atoms with E-state index >= 15 is 0 Å². The van der Waals surface area contributed by atoms with Crippen molar-refractivity contribution < 1.29 is 9.18 Å². The monoisotopic (exact) mass is 293 g/mol. The van der Waals surface area contributed by atoms with Crippen LogP contribution in [0, 0.1) is 11.7 Å². The Morgan fingerprint density at radius 3 is 2.76 bits per heavy atom. The van der Waals surface area contributed by atoms with Gasteiger partial charge in [-0.2, -0.15) is 0 Å². The SMILES string of the molecule is CCNCc1cccc(F)c1N1CCC(CC(N)=O)CC1. The predicted octanol–water partition coefficient (Wildman–Crippen LogP) is 2.03. The lowest BCUT2D eigenvalue weighted by molar-refractivity contribution is -0.119. The molecule has 0 unspecified atom stereocenters. The number of nitrogens with zero attached hydrogens (tertiary/aromatic N) is 1. The number of amides is 1. The van der Waals surface area contributed by atoms with E-state index in [1.54, 1.807) is 6.07 Å². The van der Waals surface area contributed by atoms with Gasteiger partial charge in [-0.05, 0) is 36.9 Å². The number of primary amides is 1. The minimum Gasteiger partial charge on any atom is -0.370 e. The topological polar surface area (TPSA) is 58.4 Å². The van der Waals surface area contributed by atoms with Crippen molar-refractivity contribution in [2.75, 3.05) is 24.5 Å². The molecule has 1 saturated heterocycles. The van der Waals surface area contributed by atoms with Crippen molar-refractivity contribution in [1.82, 2.24) is 5.32 Å². The zero-order valence-corrected chi connectivity index (χ0v) is 12.6. The first-order valence-electron chi connectivity index (χ1n) is 7.63. The molecule has 0 bridgehead atoms. The van der Waals surface area contributed by atoms with Gasteiger partial charge in [0.15, 0.2) is 0 Å². The number of anilines is 1. The molecule has 1 heterocycles. The molecule has 1 aromatic rings. The van der Waals surface area contributed by atoms with E-state index in [-0.39, 0.29) is 11.7 Å². The number of halogens is 1. The van der Waals surface area contributed by atoms with Crippen molar-refractivity contribution in [3.05, 3.63) is 29.6 Å². The van der Waals surface area contributed by atoms with Gasteiger partial charge in [-0.25, -0.2) is 4.39 Å². The fraction of sp³-hybridized carbons (Fsp3) is 0.562. The molecule has 3 N–H and O–H groups in total. The zero-order chi connectivity index (χ0) is 15.2. The van der Waals surface area contributed by atoms with Gasteiger partial charge in [0, 0.05) is 26.1 Å². The van der Waals surface area contributed by atoms with Crippen molar-refractivity contribution in [2.24, 2.45) is 11.7 Å². The first-order valence-corrected chi connectivity index (χ1v) is 7.63. The fourth-order valence-corrected chi connectivity index (χ4v) is 2.96. The zero-order valence-electron chi connectivity index (χ0n) is 12.6. The Bertz CT molecular complexity index is 484. The van der Waals surface area contributed by atoms with E-state index < -0.39 is 0 Å². The summed E-state index contributed by atoms with van der Waals surface area (Å²) in [5.41, 5.74) is 6.95. The molecule has 5 heteroatoms. The number of carbonyl (C=O) groups is 1. The van der Waals surface area contributed by atoms with Gasteiger partial charge >= 0.3 is 0 Å². The van der Waals surface area contributed by atoms with Crippen LogP contribution in [0.25, 0.3) is 0 Å². The van der Waals surface area contributed by atoms with Gasteiger partial charge in [0.2, 0.25) is 5.91 Å². The molecule has 2 rings (SSSR count). The maximum Gasteiger partial charge on any atom is 0.217 e. The number of hydrogen-bond donors (Lipinski definition) is 2. The molecule has 0 atom stereocenters. The summed E-state index contributed by atoms with van der Waals surface area (Å²) in [5, 5.41) is 3.25. The van der Waals surface area contributed by atoms with Crippen LogP contribution in [0.4, 0.5) is 10.1 Å². The van der Waals surface area contributed by atoms with Crippen molar-refractivity contribution >= 4 is 11.6 Å². The van der Waals surface area contributed by atoms with Gasteiger partial charge in [-0.15, -0.1) is 0 Å². The summed E-state index contributed by atoms with van der Waals surface area (Å²) in [5.74, 6) is -0.0753. The molecular weight excluding hydrogens is 269 g/mol. The van der Waals surface area contributed by atoms with Crippen LogP contribution in [-0.2, 0) is 11.3 Å². The second kappa shape index (κ2) is 7.41. The third-order valence-electron chi connectivity index (χ3n) is 4.06. The summed E-state index contributed by atoms with van der Waals surface area (Å²) in [4.78, 5) is 13.1. The summed E-state index contributed by atoms with van der Waals surface area (Å²) in [7, 11) is 0. The van der Waals surface area contributed by atoms with E-state index in [9.17, 15) is 9.18 Å². The van der Waals surface area contributed by atoms with Gasteiger partial charge in [0.1, 0.15) is 5.82 Å². The number of nitrogens with one attached hydrogen (secondary N) is 1. The molecule has 4 nitrogen and oxygen atoms in total. The normalized spacial score (nSPS) is 16.2. The van der Waals surface area contributed by atoms with E-state index in [4.69, 9.17) is 5.73 Å². The van der Waals surface area contributed by atoms with Crippen molar-refractivity contribution in [2.45, 2.75) is 32.7 Å². The molecule has 0 spiro atoms. The lowest BCUT2D eigenvalue weighted by atomic mass is 9.92. The Hall–Kier alpha value is -1.62. The van der Waals surface area contributed by atoms with Crippen LogP contribution in [0.15, 0.2) is 18.2 Å². The van der Waals surface area contributed by atoms with Crippen molar-refractivity contribution in [3.63, 3.8) is 0 Å². The van der Waals surface area contributed by atoms with Crippen LogP contribution >= 0.6 is 0 Å². The van der Waals surface area contributed by atoms with Crippen LogP contribution in [0.5, 0.6) is 0 Å². The molecular formula is C16H24FN3O.